The van der Waals surface area contributed by atoms with Gasteiger partial charge in [-0.25, -0.2) is 0 Å². The van der Waals surface area contributed by atoms with Gasteiger partial charge in [0.05, 0.1) is 0 Å². The van der Waals surface area contributed by atoms with Crippen LogP contribution in [0, 0.1) is 0 Å². The Labute approximate surface area is 297 Å². The molecule has 0 bridgehead atoms. The van der Waals surface area contributed by atoms with Gasteiger partial charge in [0.25, 0.3) is 0 Å². The van der Waals surface area contributed by atoms with E-state index >= 15 is 8.42 Å². The third-order valence-corrected chi connectivity index (χ3v) is 25.3. The van der Waals surface area contributed by atoms with E-state index in [-0.39, 0.29) is 0 Å². The van der Waals surface area contributed by atoms with Crippen LogP contribution in [-0.2, 0) is 18.3 Å². The standard InChI is InChI=1S/C43H44O4P2S/c44-50(45)46-48(38-24-10-4-11-25-38,39-26-12-5-13-27-39,40-28-14-6-15-29-40)36-22-2-1-3-23-37-49(47-50,41-30-16-7-17-31-41,42-32-18-8-19-33-42)43-34-20-9-21-35-43/h4-21,24-35H,1-3,22-23,36-37H2. The van der Waals surface area contributed by atoms with Crippen molar-refractivity contribution in [1.82, 2.24) is 0 Å². The van der Waals surface area contributed by atoms with Gasteiger partial charge in [0.1, 0.15) is 0 Å². The van der Waals surface area contributed by atoms with E-state index in [1.54, 1.807) is 0 Å². The molecule has 50 heavy (non-hydrogen) atoms. The Kier molecular flexibility index (Phi) is 9.65. The summed E-state index contributed by atoms with van der Waals surface area (Å²) in [6.07, 6.45) is 5.55. The molecule has 6 aromatic carbocycles. The Hall–Kier alpha value is -3.95. The summed E-state index contributed by atoms with van der Waals surface area (Å²) < 4.78 is 46.2. The summed E-state index contributed by atoms with van der Waals surface area (Å²) in [6.45, 7) is -8.61. The Morgan fingerprint density at radius 3 is 0.740 bits per heavy atom. The molecule has 1 aliphatic rings. The van der Waals surface area contributed by atoms with Crippen LogP contribution in [0.4, 0.5) is 0 Å². The van der Waals surface area contributed by atoms with E-state index in [4.69, 9.17) is 7.94 Å². The van der Waals surface area contributed by atoms with Crippen LogP contribution in [-0.4, -0.2) is 20.7 Å². The van der Waals surface area contributed by atoms with Gasteiger partial charge in [-0.05, 0) is 0 Å². The second-order valence-corrected chi connectivity index (χ2v) is 24.1. The van der Waals surface area contributed by atoms with E-state index in [0.29, 0.717) is 12.3 Å². The monoisotopic (exact) mass is 718 g/mol. The topological polar surface area (TPSA) is 52.6 Å². The second-order valence-electron chi connectivity index (χ2n) is 13.2. The van der Waals surface area contributed by atoms with E-state index < -0.39 is 24.1 Å². The zero-order valence-electron chi connectivity index (χ0n) is 28.2. The molecule has 4 nitrogen and oxygen atoms in total. The maximum absolute atomic E-state index is 15.8. The SMILES string of the molecule is O=S1(=O)OP(c2ccccc2)(c2ccccc2)(c2ccccc2)CCCCCCCP(c2ccccc2)(c2ccccc2)(c2ccccc2)O1. The zero-order chi connectivity index (χ0) is 34.4. The van der Waals surface area contributed by atoms with Gasteiger partial charge in [-0.2, -0.15) is 0 Å². The molecule has 0 amide bonds. The van der Waals surface area contributed by atoms with Gasteiger partial charge in [-0.3, -0.25) is 0 Å². The van der Waals surface area contributed by atoms with Gasteiger partial charge in [0.2, 0.25) is 0 Å². The fourth-order valence-electron chi connectivity index (χ4n) is 8.24. The Balaban J connectivity index is 1.62. The van der Waals surface area contributed by atoms with Crippen molar-refractivity contribution in [2.24, 2.45) is 0 Å². The molecular weight excluding hydrogens is 674 g/mol. The summed E-state index contributed by atoms with van der Waals surface area (Å²) in [7, 11) is -4.82. The van der Waals surface area contributed by atoms with Gasteiger partial charge in [0.15, 0.2) is 0 Å². The number of hydrogen-bond acceptors (Lipinski definition) is 4. The predicted octanol–water partition coefficient (Wildman–Crippen LogP) is 8.12. The van der Waals surface area contributed by atoms with Gasteiger partial charge >= 0.3 is 299 Å². The molecule has 1 saturated heterocycles. The van der Waals surface area contributed by atoms with Crippen LogP contribution in [0.3, 0.4) is 0 Å². The van der Waals surface area contributed by atoms with E-state index in [1.165, 1.54) is 0 Å². The Morgan fingerprint density at radius 2 is 0.520 bits per heavy atom. The first kappa shape index (κ1) is 34.5. The van der Waals surface area contributed by atoms with Crippen LogP contribution in [0.1, 0.15) is 32.1 Å². The quantitative estimate of drug-likeness (QED) is 0.163. The summed E-state index contributed by atoms with van der Waals surface area (Å²) in [6, 6.07) is 60.2. The average molecular weight is 719 g/mol. The third-order valence-electron chi connectivity index (χ3n) is 10.5. The molecule has 1 aliphatic heterocycles. The summed E-state index contributed by atoms with van der Waals surface area (Å²) in [5.41, 5.74) is 0. The van der Waals surface area contributed by atoms with Crippen molar-refractivity contribution in [1.29, 1.82) is 0 Å². The molecule has 0 aromatic heterocycles. The van der Waals surface area contributed by atoms with Gasteiger partial charge in [-0.1, -0.05) is 0 Å². The summed E-state index contributed by atoms with van der Waals surface area (Å²) in [5.74, 6) is 0. The normalized spacial score (nSPS) is 21.3. The number of rotatable bonds is 6. The van der Waals surface area contributed by atoms with Crippen molar-refractivity contribution in [2.75, 3.05) is 12.3 Å². The Bertz CT molecular complexity index is 1770. The van der Waals surface area contributed by atoms with Crippen molar-refractivity contribution in [3.63, 3.8) is 0 Å². The first-order chi connectivity index (χ1) is 24.4. The van der Waals surface area contributed by atoms with E-state index in [0.717, 1.165) is 63.9 Å². The molecule has 6 aromatic rings. The van der Waals surface area contributed by atoms with Crippen molar-refractivity contribution in [2.45, 2.75) is 32.1 Å². The molecule has 7 rings (SSSR count). The molecule has 7 heteroatoms. The molecule has 0 spiro atoms. The van der Waals surface area contributed by atoms with Crippen LogP contribution < -0.4 is 31.8 Å². The van der Waals surface area contributed by atoms with Gasteiger partial charge in [0, 0.05) is 0 Å². The third kappa shape index (κ3) is 5.66. The van der Waals surface area contributed by atoms with E-state index in [2.05, 4.69) is 0 Å². The second kappa shape index (κ2) is 14.0. The molecule has 0 N–H and O–H groups in total. The average Bonchev–Trinajstić information content (AvgIpc) is 3.18. The summed E-state index contributed by atoms with van der Waals surface area (Å²) in [5, 5.41) is 5.16. The first-order valence-electron chi connectivity index (χ1n) is 17.5. The minimum absolute atomic E-state index is 0.518. The molecule has 0 saturated carbocycles. The first-order valence-corrected chi connectivity index (χ1v) is 23.5. The van der Waals surface area contributed by atoms with Crippen molar-refractivity contribution < 1.29 is 16.4 Å². The molecule has 0 aliphatic carbocycles. The van der Waals surface area contributed by atoms with Crippen molar-refractivity contribution >= 4 is 55.9 Å². The van der Waals surface area contributed by atoms with Crippen molar-refractivity contribution in [3.05, 3.63) is 182 Å². The van der Waals surface area contributed by atoms with Gasteiger partial charge in [-0.15, -0.1) is 0 Å². The summed E-state index contributed by atoms with van der Waals surface area (Å²) in [4.78, 5) is 0. The Morgan fingerprint density at radius 1 is 0.320 bits per heavy atom. The van der Waals surface area contributed by atoms with Crippen LogP contribution >= 0.6 is 13.7 Å². The predicted molar refractivity (Wildman–Crippen MR) is 214 cm³/mol. The van der Waals surface area contributed by atoms with E-state index in [1.807, 2.05) is 182 Å². The van der Waals surface area contributed by atoms with Crippen LogP contribution in [0.2, 0.25) is 0 Å². The van der Waals surface area contributed by atoms with Gasteiger partial charge < -0.3 is 0 Å². The van der Waals surface area contributed by atoms with Crippen molar-refractivity contribution in [3.8, 4) is 0 Å². The molecule has 0 radical (unpaired) electrons. The zero-order valence-corrected chi connectivity index (χ0v) is 30.8. The molecule has 1 heterocycles. The molecule has 256 valence electrons. The molecule has 0 unspecified atom stereocenters. The van der Waals surface area contributed by atoms with Crippen LogP contribution in [0.5, 0.6) is 0 Å². The number of benzene rings is 6. The number of hydrogen-bond donors (Lipinski definition) is 0. The summed E-state index contributed by atoms with van der Waals surface area (Å²) >= 11 is 0. The molecule has 1 fully saturated rings. The molecular formula is C43H44O4P2S. The van der Waals surface area contributed by atoms with Crippen LogP contribution in [0.25, 0.3) is 0 Å². The molecule has 0 atom stereocenters. The van der Waals surface area contributed by atoms with Crippen LogP contribution in [0.15, 0.2) is 182 Å². The fourth-order valence-corrected chi connectivity index (χ4v) is 24.3. The minimum atomic E-state index is -4.82. The van der Waals surface area contributed by atoms with E-state index in [9.17, 15) is 0 Å². The fraction of sp³-hybridized carbons (Fsp3) is 0.163. The maximum atomic E-state index is 15.8.